The molecule has 1 amide bonds. The average Bonchev–Trinajstić information content (AvgIpc) is 2.71. The van der Waals surface area contributed by atoms with Gasteiger partial charge in [-0.1, -0.05) is 36.2 Å². The third-order valence-electron chi connectivity index (χ3n) is 5.32. The van der Waals surface area contributed by atoms with E-state index in [1.165, 1.54) is 26.3 Å². The predicted molar refractivity (Wildman–Crippen MR) is 118 cm³/mol. The Morgan fingerprint density at radius 2 is 1.90 bits per heavy atom. The zero-order valence-electron chi connectivity index (χ0n) is 16.9. The van der Waals surface area contributed by atoms with E-state index in [2.05, 4.69) is 10.0 Å². The van der Waals surface area contributed by atoms with Crippen molar-refractivity contribution in [2.45, 2.75) is 30.2 Å². The van der Waals surface area contributed by atoms with Gasteiger partial charge in [0.1, 0.15) is 10.6 Å². The van der Waals surface area contributed by atoms with Gasteiger partial charge in [-0.3, -0.25) is 4.79 Å². The van der Waals surface area contributed by atoms with Gasteiger partial charge in [-0.15, -0.1) is 0 Å². The second kappa shape index (κ2) is 9.64. The van der Waals surface area contributed by atoms with Crippen LogP contribution in [0.3, 0.4) is 0 Å². The molecule has 0 bridgehead atoms. The summed E-state index contributed by atoms with van der Waals surface area (Å²) in [6, 6.07) is 12.2. The predicted octanol–water partition coefficient (Wildman–Crippen LogP) is 3.93. The van der Waals surface area contributed by atoms with Gasteiger partial charge in [0.25, 0.3) is 0 Å². The normalized spacial score (nSPS) is 15.6. The number of hydrogen-bond acceptors (Lipinski definition) is 4. The molecule has 2 N–H and O–H groups in total. The maximum absolute atomic E-state index is 12.6. The Labute approximate surface area is 182 Å². The Hall–Kier alpha value is -2.35. The molecule has 1 aliphatic rings. The lowest BCUT2D eigenvalue weighted by molar-refractivity contribution is -0.117. The summed E-state index contributed by atoms with van der Waals surface area (Å²) < 4.78 is 31.8. The second-order valence-corrected chi connectivity index (χ2v) is 9.47. The van der Waals surface area contributed by atoms with E-state index in [4.69, 9.17) is 16.3 Å². The first-order valence-corrected chi connectivity index (χ1v) is 11.6. The molecule has 0 aromatic heterocycles. The van der Waals surface area contributed by atoms with E-state index < -0.39 is 10.0 Å². The number of halogens is 1. The molecule has 2 aromatic rings. The van der Waals surface area contributed by atoms with Gasteiger partial charge in [0.05, 0.1) is 13.2 Å². The van der Waals surface area contributed by atoms with E-state index >= 15 is 0 Å². The highest BCUT2D eigenvalue weighted by atomic mass is 35.5. The molecule has 1 saturated carbocycles. The van der Waals surface area contributed by atoms with Crippen molar-refractivity contribution in [3.05, 3.63) is 64.7 Å². The van der Waals surface area contributed by atoms with Gasteiger partial charge in [-0.25, -0.2) is 13.1 Å². The summed E-state index contributed by atoms with van der Waals surface area (Å²) in [5.74, 6) is 0.395. The first-order valence-electron chi connectivity index (χ1n) is 9.69. The van der Waals surface area contributed by atoms with Crippen molar-refractivity contribution in [1.29, 1.82) is 0 Å². The molecule has 1 aliphatic carbocycles. The standard InChI is InChI=1S/C22H25ClN2O4S/c1-24-30(27,28)20-14-15(6-12-19(20)29-2)7-13-21(26)25-22(16-4-3-5-16)17-8-10-18(23)11-9-17/h6-14,16,22,24H,3-5H2,1-2H3,(H,25,26). The SMILES string of the molecule is CNS(=O)(=O)c1cc(C=CC(=O)NC(c2ccc(Cl)cc2)C2CCC2)ccc1OC. The van der Waals surface area contributed by atoms with Crippen molar-refractivity contribution in [2.24, 2.45) is 5.92 Å². The van der Waals surface area contributed by atoms with Crippen molar-refractivity contribution in [1.82, 2.24) is 10.0 Å². The molecule has 0 heterocycles. The summed E-state index contributed by atoms with van der Waals surface area (Å²) in [5.41, 5.74) is 1.60. The lowest BCUT2D eigenvalue weighted by atomic mass is 9.77. The summed E-state index contributed by atoms with van der Waals surface area (Å²) in [6.45, 7) is 0. The largest absolute Gasteiger partial charge is 0.495 e. The molecular weight excluding hydrogens is 424 g/mol. The van der Waals surface area contributed by atoms with Crippen LogP contribution in [0.5, 0.6) is 5.75 Å². The minimum atomic E-state index is -3.69. The van der Waals surface area contributed by atoms with Crippen LogP contribution < -0.4 is 14.8 Å². The number of carbonyl (C=O) groups is 1. The van der Waals surface area contributed by atoms with Gasteiger partial charge < -0.3 is 10.1 Å². The van der Waals surface area contributed by atoms with Crippen LogP contribution in [0.2, 0.25) is 5.02 Å². The van der Waals surface area contributed by atoms with Crippen LogP contribution in [0.4, 0.5) is 0 Å². The van der Waals surface area contributed by atoms with E-state index in [0.717, 1.165) is 24.8 Å². The van der Waals surface area contributed by atoms with Crippen LogP contribution in [0.25, 0.3) is 6.08 Å². The molecular formula is C22H25ClN2O4S. The quantitative estimate of drug-likeness (QED) is 0.599. The molecule has 2 aromatic carbocycles. The molecule has 1 atom stereocenters. The number of sulfonamides is 1. The van der Waals surface area contributed by atoms with Gasteiger partial charge in [0.15, 0.2) is 0 Å². The van der Waals surface area contributed by atoms with Crippen LogP contribution in [-0.2, 0) is 14.8 Å². The molecule has 160 valence electrons. The molecule has 1 fully saturated rings. The van der Waals surface area contributed by atoms with Gasteiger partial charge in [0, 0.05) is 11.1 Å². The summed E-state index contributed by atoms with van der Waals surface area (Å²) in [6.07, 6.45) is 6.30. The number of ether oxygens (including phenoxy) is 1. The molecule has 0 spiro atoms. The van der Waals surface area contributed by atoms with Crippen LogP contribution in [0.15, 0.2) is 53.4 Å². The molecule has 3 rings (SSSR count). The van der Waals surface area contributed by atoms with Crippen LogP contribution in [0, 0.1) is 5.92 Å². The Morgan fingerprint density at radius 3 is 2.47 bits per heavy atom. The van der Waals surface area contributed by atoms with Crippen molar-refractivity contribution in [3.8, 4) is 5.75 Å². The summed E-state index contributed by atoms with van der Waals surface area (Å²) in [4.78, 5) is 12.6. The number of amides is 1. The molecule has 0 radical (unpaired) electrons. The van der Waals surface area contributed by atoms with E-state index in [0.29, 0.717) is 16.5 Å². The number of hydrogen-bond donors (Lipinski definition) is 2. The van der Waals surface area contributed by atoms with Gasteiger partial charge in [-0.2, -0.15) is 0 Å². The first kappa shape index (κ1) is 22.3. The van der Waals surface area contributed by atoms with Gasteiger partial charge >= 0.3 is 0 Å². The molecule has 30 heavy (non-hydrogen) atoms. The van der Waals surface area contributed by atoms with Gasteiger partial charge in [-0.05, 0) is 67.3 Å². The van der Waals surface area contributed by atoms with Crippen molar-refractivity contribution < 1.29 is 17.9 Å². The van der Waals surface area contributed by atoms with E-state index in [1.807, 2.05) is 24.3 Å². The fraction of sp³-hybridized carbons (Fsp3) is 0.318. The number of benzene rings is 2. The molecule has 0 saturated heterocycles. The van der Waals surface area contributed by atoms with Crippen molar-refractivity contribution >= 4 is 33.6 Å². The maximum Gasteiger partial charge on any atom is 0.244 e. The molecule has 1 unspecified atom stereocenters. The summed E-state index contributed by atoms with van der Waals surface area (Å²) in [7, 11) is -0.945. The topological polar surface area (TPSA) is 84.5 Å². The van der Waals surface area contributed by atoms with Crippen molar-refractivity contribution in [3.63, 3.8) is 0 Å². The number of methoxy groups -OCH3 is 1. The Balaban J connectivity index is 1.77. The van der Waals surface area contributed by atoms with E-state index in [1.54, 1.807) is 18.2 Å². The highest BCUT2D eigenvalue weighted by molar-refractivity contribution is 7.89. The Kier molecular flexibility index (Phi) is 7.18. The number of rotatable bonds is 8. The first-order chi connectivity index (χ1) is 14.3. The smallest absolute Gasteiger partial charge is 0.244 e. The second-order valence-electron chi connectivity index (χ2n) is 7.18. The average molecular weight is 449 g/mol. The molecule has 6 nitrogen and oxygen atoms in total. The highest BCUT2D eigenvalue weighted by Crippen LogP contribution is 2.38. The minimum absolute atomic E-state index is 0.0172. The zero-order valence-corrected chi connectivity index (χ0v) is 18.5. The number of nitrogens with one attached hydrogen (secondary N) is 2. The number of carbonyl (C=O) groups excluding carboxylic acids is 1. The minimum Gasteiger partial charge on any atom is -0.495 e. The Morgan fingerprint density at radius 1 is 1.20 bits per heavy atom. The van der Waals surface area contributed by atoms with Gasteiger partial charge in [0.2, 0.25) is 15.9 Å². The van der Waals surface area contributed by atoms with Crippen molar-refractivity contribution in [2.75, 3.05) is 14.2 Å². The molecule has 0 aliphatic heterocycles. The van der Waals surface area contributed by atoms with E-state index in [-0.39, 0.29) is 22.6 Å². The lowest BCUT2D eigenvalue weighted by Crippen LogP contribution is -2.35. The van der Waals surface area contributed by atoms with Crippen LogP contribution >= 0.6 is 11.6 Å². The zero-order chi connectivity index (χ0) is 21.7. The van der Waals surface area contributed by atoms with Crippen LogP contribution in [0.1, 0.15) is 36.4 Å². The fourth-order valence-corrected chi connectivity index (χ4v) is 4.46. The third kappa shape index (κ3) is 5.22. The lowest BCUT2D eigenvalue weighted by Gasteiger charge is -2.34. The Bertz CT molecular complexity index is 1030. The third-order valence-corrected chi connectivity index (χ3v) is 7.01. The summed E-state index contributed by atoms with van der Waals surface area (Å²) in [5, 5.41) is 3.74. The highest BCUT2D eigenvalue weighted by Gasteiger charge is 2.29. The monoisotopic (exact) mass is 448 g/mol. The fourth-order valence-electron chi connectivity index (χ4n) is 3.41. The maximum atomic E-state index is 12.6. The molecule has 8 heteroatoms. The van der Waals surface area contributed by atoms with Crippen LogP contribution in [-0.4, -0.2) is 28.5 Å². The summed E-state index contributed by atoms with van der Waals surface area (Å²) >= 11 is 5.99. The van der Waals surface area contributed by atoms with E-state index in [9.17, 15) is 13.2 Å².